The van der Waals surface area contributed by atoms with Gasteiger partial charge in [-0.3, -0.25) is 4.79 Å². The van der Waals surface area contributed by atoms with Crippen LogP contribution in [0, 0.1) is 0 Å². The number of benzene rings is 2. The first-order valence-electron chi connectivity index (χ1n) is 9.68. The molecular formula is C20H19F3N2O6S. The number of halogens is 3. The molecule has 1 saturated heterocycles. The van der Waals surface area contributed by atoms with Crippen molar-refractivity contribution in [1.82, 2.24) is 9.21 Å². The highest BCUT2D eigenvalue weighted by Crippen LogP contribution is 2.31. The van der Waals surface area contributed by atoms with E-state index in [1.165, 1.54) is 9.21 Å². The predicted octanol–water partition coefficient (Wildman–Crippen LogP) is 2.50. The highest BCUT2D eigenvalue weighted by atomic mass is 32.2. The smallest absolute Gasteiger partial charge is 0.486 e. The molecule has 2 aliphatic heterocycles. The Balaban J connectivity index is 1.40. The minimum atomic E-state index is -4.86. The van der Waals surface area contributed by atoms with Crippen molar-refractivity contribution in [2.45, 2.75) is 11.3 Å². The molecule has 4 rings (SSSR count). The molecule has 0 spiro atoms. The van der Waals surface area contributed by atoms with Crippen LogP contribution in [0.15, 0.2) is 47.4 Å². The summed E-state index contributed by atoms with van der Waals surface area (Å²) in [6.45, 7) is 1.28. The van der Waals surface area contributed by atoms with Crippen molar-refractivity contribution < 1.29 is 40.6 Å². The Kier molecular flexibility index (Phi) is 5.91. The van der Waals surface area contributed by atoms with E-state index in [1.807, 2.05) is 0 Å². The van der Waals surface area contributed by atoms with Gasteiger partial charge in [-0.25, -0.2) is 8.42 Å². The molecule has 2 aromatic rings. The Morgan fingerprint density at radius 2 is 1.53 bits per heavy atom. The molecular weight excluding hydrogens is 453 g/mol. The zero-order valence-electron chi connectivity index (χ0n) is 16.7. The third-order valence-electron chi connectivity index (χ3n) is 5.01. The van der Waals surface area contributed by atoms with Crippen LogP contribution in [-0.2, 0) is 10.0 Å². The number of rotatable bonds is 4. The lowest BCUT2D eigenvalue weighted by atomic mass is 10.1. The van der Waals surface area contributed by atoms with Crippen molar-refractivity contribution in [1.29, 1.82) is 0 Å². The van der Waals surface area contributed by atoms with Gasteiger partial charge >= 0.3 is 6.36 Å². The molecule has 0 N–H and O–H groups in total. The van der Waals surface area contributed by atoms with E-state index >= 15 is 0 Å². The van der Waals surface area contributed by atoms with Gasteiger partial charge in [0.2, 0.25) is 10.0 Å². The quantitative estimate of drug-likeness (QED) is 0.680. The van der Waals surface area contributed by atoms with Crippen LogP contribution in [0.25, 0.3) is 0 Å². The van der Waals surface area contributed by atoms with Gasteiger partial charge in [-0.05, 0) is 42.5 Å². The second-order valence-corrected chi connectivity index (χ2v) is 9.01. The van der Waals surface area contributed by atoms with Crippen molar-refractivity contribution in [3.05, 3.63) is 48.0 Å². The van der Waals surface area contributed by atoms with Crippen molar-refractivity contribution in [3.63, 3.8) is 0 Å². The molecule has 0 saturated carbocycles. The number of hydrogen-bond donors (Lipinski definition) is 0. The predicted molar refractivity (Wildman–Crippen MR) is 105 cm³/mol. The van der Waals surface area contributed by atoms with Crippen LogP contribution >= 0.6 is 0 Å². The average molecular weight is 472 g/mol. The molecule has 2 aliphatic rings. The third-order valence-corrected chi connectivity index (χ3v) is 6.92. The summed E-state index contributed by atoms with van der Waals surface area (Å²) in [6.07, 6.45) is -4.86. The summed E-state index contributed by atoms with van der Waals surface area (Å²) < 4.78 is 78.4. The number of amides is 1. The minimum Gasteiger partial charge on any atom is -0.486 e. The van der Waals surface area contributed by atoms with Crippen LogP contribution < -0.4 is 14.2 Å². The second kappa shape index (κ2) is 8.51. The summed E-state index contributed by atoms with van der Waals surface area (Å²) in [5.41, 5.74) is 0.408. The first-order valence-corrected chi connectivity index (χ1v) is 11.1. The van der Waals surface area contributed by atoms with E-state index < -0.39 is 22.1 Å². The van der Waals surface area contributed by atoms with Gasteiger partial charge in [0, 0.05) is 31.7 Å². The lowest BCUT2D eigenvalue weighted by Crippen LogP contribution is -2.50. The number of hydrogen-bond acceptors (Lipinski definition) is 6. The highest BCUT2D eigenvalue weighted by Gasteiger charge is 2.33. The Morgan fingerprint density at radius 3 is 2.16 bits per heavy atom. The zero-order chi connectivity index (χ0) is 22.9. The lowest BCUT2D eigenvalue weighted by molar-refractivity contribution is -0.274. The van der Waals surface area contributed by atoms with Gasteiger partial charge in [0.05, 0.1) is 4.90 Å². The van der Waals surface area contributed by atoms with Crippen LogP contribution in [0.4, 0.5) is 13.2 Å². The van der Waals surface area contributed by atoms with E-state index in [0.717, 1.165) is 24.3 Å². The maximum absolute atomic E-state index is 12.8. The first kappa shape index (κ1) is 22.2. The standard InChI is InChI=1S/C20H19F3N2O6S/c21-20(22,23)31-15-2-4-16(5-3-15)32(27,28)25-9-7-24(8-10-25)19(26)14-1-6-17-18(13-14)30-12-11-29-17/h1-6,13H,7-12H2. The zero-order valence-corrected chi connectivity index (χ0v) is 17.5. The van der Waals surface area contributed by atoms with Crippen LogP contribution in [0.1, 0.15) is 10.4 Å². The number of piperazine rings is 1. The second-order valence-electron chi connectivity index (χ2n) is 7.07. The van der Waals surface area contributed by atoms with Crippen LogP contribution in [0.3, 0.4) is 0 Å². The van der Waals surface area contributed by atoms with Crippen molar-refractivity contribution in [2.24, 2.45) is 0 Å². The number of sulfonamides is 1. The van der Waals surface area contributed by atoms with Gasteiger partial charge < -0.3 is 19.1 Å². The van der Waals surface area contributed by atoms with E-state index in [9.17, 15) is 26.4 Å². The molecule has 32 heavy (non-hydrogen) atoms. The van der Waals surface area contributed by atoms with Crippen molar-refractivity contribution >= 4 is 15.9 Å². The Labute approximate surface area is 182 Å². The van der Waals surface area contributed by atoms with Crippen LogP contribution in [-0.4, -0.2) is 69.3 Å². The molecule has 0 unspecified atom stereocenters. The summed E-state index contributed by atoms with van der Waals surface area (Å²) in [7, 11) is -3.93. The molecule has 1 fully saturated rings. The SMILES string of the molecule is O=C(c1ccc2c(c1)OCCO2)N1CCN(S(=O)(=O)c2ccc(OC(F)(F)F)cc2)CC1. The average Bonchev–Trinajstić information content (AvgIpc) is 2.77. The number of ether oxygens (including phenoxy) is 3. The van der Waals surface area contributed by atoms with Crippen LogP contribution in [0.5, 0.6) is 17.2 Å². The molecule has 172 valence electrons. The van der Waals surface area contributed by atoms with Gasteiger partial charge in [-0.15, -0.1) is 13.2 Å². The fourth-order valence-electron chi connectivity index (χ4n) is 3.45. The van der Waals surface area contributed by atoms with E-state index in [0.29, 0.717) is 30.3 Å². The van der Waals surface area contributed by atoms with Gasteiger partial charge in [0.1, 0.15) is 19.0 Å². The van der Waals surface area contributed by atoms with Crippen molar-refractivity contribution in [3.8, 4) is 17.2 Å². The summed E-state index contributed by atoms with van der Waals surface area (Å²) in [5.74, 6) is 0.288. The molecule has 2 aromatic carbocycles. The minimum absolute atomic E-state index is 0.0550. The maximum Gasteiger partial charge on any atom is 0.573 e. The van der Waals surface area contributed by atoms with E-state index in [2.05, 4.69) is 4.74 Å². The molecule has 2 heterocycles. The lowest BCUT2D eigenvalue weighted by Gasteiger charge is -2.34. The number of nitrogens with zero attached hydrogens (tertiary/aromatic N) is 2. The molecule has 1 amide bonds. The van der Waals surface area contributed by atoms with E-state index in [4.69, 9.17) is 9.47 Å². The van der Waals surface area contributed by atoms with Gasteiger partial charge in [0.15, 0.2) is 11.5 Å². The molecule has 0 radical (unpaired) electrons. The fraction of sp³-hybridized carbons (Fsp3) is 0.350. The van der Waals surface area contributed by atoms with Gasteiger partial charge in [-0.1, -0.05) is 0 Å². The molecule has 0 bridgehead atoms. The first-order chi connectivity index (χ1) is 15.1. The number of alkyl halides is 3. The number of fused-ring (bicyclic) bond motifs is 1. The summed E-state index contributed by atoms with van der Waals surface area (Å²) in [6, 6.07) is 8.90. The normalized spacial score (nSPS) is 17.2. The van der Waals surface area contributed by atoms with Crippen molar-refractivity contribution in [2.75, 3.05) is 39.4 Å². The summed E-state index contributed by atoms with van der Waals surface area (Å²) in [4.78, 5) is 14.2. The maximum atomic E-state index is 12.8. The Bertz CT molecular complexity index is 1100. The molecule has 8 nitrogen and oxygen atoms in total. The fourth-order valence-corrected chi connectivity index (χ4v) is 4.88. The van der Waals surface area contributed by atoms with E-state index in [-0.39, 0.29) is 37.0 Å². The summed E-state index contributed by atoms with van der Waals surface area (Å²) >= 11 is 0. The summed E-state index contributed by atoms with van der Waals surface area (Å²) in [5, 5.41) is 0. The monoisotopic (exact) mass is 472 g/mol. The number of carbonyl (C=O) groups is 1. The Hall–Kier alpha value is -2.99. The number of carbonyl (C=O) groups excluding carboxylic acids is 1. The Morgan fingerprint density at radius 1 is 0.906 bits per heavy atom. The topological polar surface area (TPSA) is 85.4 Å². The largest absolute Gasteiger partial charge is 0.573 e. The van der Waals surface area contributed by atoms with Gasteiger partial charge in [0.25, 0.3) is 5.91 Å². The molecule has 0 aromatic heterocycles. The van der Waals surface area contributed by atoms with Crippen LogP contribution in [0.2, 0.25) is 0 Å². The molecule has 0 aliphatic carbocycles. The molecule has 12 heteroatoms. The highest BCUT2D eigenvalue weighted by molar-refractivity contribution is 7.89. The van der Waals surface area contributed by atoms with Gasteiger partial charge in [-0.2, -0.15) is 4.31 Å². The molecule has 0 atom stereocenters. The third kappa shape index (κ3) is 4.75. The van der Waals surface area contributed by atoms with E-state index in [1.54, 1.807) is 18.2 Å².